The summed E-state index contributed by atoms with van der Waals surface area (Å²) < 4.78 is 0. The van der Waals surface area contributed by atoms with Crippen molar-refractivity contribution in [2.75, 3.05) is 0 Å². The van der Waals surface area contributed by atoms with Gasteiger partial charge in [0.1, 0.15) is 0 Å². The Morgan fingerprint density at radius 2 is 0.526 bits per heavy atom. The molecule has 360 valence electrons. The van der Waals surface area contributed by atoms with Crippen LogP contribution in [-0.4, -0.2) is 15.0 Å². The van der Waals surface area contributed by atoms with Crippen LogP contribution in [0, 0.1) is 0 Å². The van der Waals surface area contributed by atoms with E-state index in [0.717, 1.165) is 62.9 Å². The van der Waals surface area contributed by atoms with Gasteiger partial charge in [0.05, 0.1) is 0 Å². The molecule has 1 heterocycles. The van der Waals surface area contributed by atoms with Crippen LogP contribution in [0.3, 0.4) is 0 Å². The maximum Gasteiger partial charge on any atom is 0.164 e. The van der Waals surface area contributed by atoms with E-state index in [1.165, 1.54) is 55.7 Å². The molecule has 0 aliphatic heterocycles. The number of hydrogen-bond acceptors (Lipinski definition) is 3. The molecule has 11 aromatic rings. The van der Waals surface area contributed by atoms with E-state index in [0.29, 0.717) is 17.5 Å². The van der Waals surface area contributed by atoms with Gasteiger partial charge in [-0.1, -0.05) is 285 Å². The van der Waals surface area contributed by atoms with E-state index in [1.54, 1.807) is 0 Å². The standard InChI is InChI=1S/C73H53N3/c1-8-24-54(25-9-1)67(55-26-10-2-11-27-55)69(58-32-16-5-17-33-58)65-40-22-38-63(50-65)52-42-46-61(47-43-52)72-74-71(60-36-20-7-21-37-60)75-73(76-72)62-48-44-53(45-49-62)64-39-23-41-66(51-64)70(59-34-18-6-19-35-59)68(56-28-12-3-13-29-56)57-30-14-4-15-31-57/h1-5,7-18,20-51H,6,19H2. The van der Waals surface area contributed by atoms with Gasteiger partial charge in [-0.3, -0.25) is 0 Å². The maximum absolute atomic E-state index is 5.17. The SMILES string of the molecule is C1=CC(C(=C(c2ccccc2)c2ccccc2)c2cccc(-c3ccc(-c4nc(-c5ccccc5)nc(-c5ccc(-c6cccc(C(=C(c7ccccc7)c7ccccc7)c7ccccc7)c6)cc5)n4)cc3)c2)=CCC1. The number of hydrogen-bond donors (Lipinski definition) is 0. The molecule has 0 saturated heterocycles. The predicted molar refractivity (Wildman–Crippen MR) is 317 cm³/mol. The van der Waals surface area contributed by atoms with Crippen LogP contribution >= 0.6 is 0 Å². The molecule has 1 aliphatic carbocycles. The fraction of sp³-hybridized carbons (Fsp3) is 0.0274. The lowest BCUT2D eigenvalue weighted by molar-refractivity contribution is 1.03. The summed E-state index contributed by atoms with van der Waals surface area (Å²) in [7, 11) is 0. The average Bonchev–Trinajstić information content (AvgIpc) is 3.52. The molecule has 0 saturated carbocycles. The van der Waals surface area contributed by atoms with E-state index in [2.05, 4.69) is 279 Å². The predicted octanol–water partition coefficient (Wildman–Crippen LogP) is 18.4. The minimum absolute atomic E-state index is 0.614. The van der Waals surface area contributed by atoms with Crippen molar-refractivity contribution in [3.8, 4) is 56.4 Å². The smallest absolute Gasteiger partial charge is 0.164 e. The largest absolute Gasteiger partial charge is 0.208 e. The van der Waals surface area contributed by atoms with Gasteiger partial charge in [0, 0.05) is 16.7 Å². The number of allylic oxidation sites excluding steroid dienone is 5. The third kappa shape index (κ3) is 10.2. The lowest BCUT2D eigenvalue weighted by Crippen LogP contribution is -2.00. The van der Waals surface area contributed by atoms with Crippen molar-refractivity contribution in [2.45, 2.75) is 12.8 Å². The van der Waals surface area contributed by atoms with Gasteiger partial charge in [-0.25, -0.2) is 15.0 Å². The molecule has 0 N–H and O–H groups in total. The molecular weight excluding hydrogens is 919 g/mol. The van der Waals surface area contributed by atoms with Crippen molar-refractivity contribution in [1.82, 2.24) is 15.0 Å². The van der Waals surface area contributed by atoms with Gasteiger partial charge in [-0.05, 0) is 114 Å². The van der Waals surface area contributed by atoms with Gasteiger partial charge < -0.3 is 0 Å². The highest BCUT2D eigenvalue weighted by Gasteiger charge is 2.20. The van der Waals surface area contributed by atoms with Crippen molar-refractivity contribution in [3.63, 3.8) is 0 Å². The Kier molecular flexibility index (Phi) is 13.7. The molecule has 0 spiro atoms. The normalized spacial score (nSPS) is 11.9. The molecule has 1 aliphatic rings. The van der Waals surface area contributed by atoms with Gasteiger partial charge in [0.15, 0.2) is 17.5 Å². The molecule has 3 nitrogen and oxygen atoms in total. The van der Waals surface area contributed by atoms with Crippen LogP contribution in [0.2, 0.25) is 0 Å². The van der Waals surface area contributed by atoms with Gasteiger partial charge in [-0.2, -0.15) is 0 Å². The summed E-state index contributed by atoms with van der Waals surface area (Å²) >= 11 is 0. The van der Waals surface area contributed by atoms with Crippen molar-refractivity contribution >= 4 is 22.3 Å². The fourth-order valence-electron chi connectivity index (χ4n) is 10.3. The Morgan fingerprint density at radius 3 is 0.895 bits per heavy atom. The summed E-state index contributed by atoms with van der Waals surface area (Å²) in [6.45, 7) is 0. The molecule has 0 radical (unpaired) electrons. The first kappa shape index (κ1) is 47.2. The van der Waals surface area contributed by atoms with Gasteiger partial charge >= 0.3 is 0 Å². The Labute approximate surface area is 446 Å². The Hall–Kier alpha value is -9.83. The molecule has 0 amide bonds. The molecule has 3 heteroatoms. The second-order valence-corrected chi connectivity index (χ2v) is 19.0. The van der Waals surface area contributed by atoms with Gasteiger partial charge in [0.2, 0.25) is 0 Å². The number of rotatable bonds is 13. The Balaban J connectivity index is 0.894. The summed E-state index contributed by atoms with van der Waals surface area (Å²) in [5.41, 5.74) is 21.4. The van der Waals surface area contributed by atoms with Gasteiger partial charge in [0.25, 0.3) is 0 Å². The molecule has 0 bridgehead atoms. The molecule has 0 fully saturated rings. The highest BCUT2D eigenvalue weighted by molar-refractivity contribution is 6.06. The first-order chi connectivity index (χ1) is 37.7. The van der Waals surface area contributed by atoms with Crippen LogP contribution in [0.25, 0.3) is 78.7 Å². The van der Waals surface area contributed by atoms with Crippen LogP contribution in [0.1, 0.15) is 51.8 Å². The first-order valence-corrected chi connectivity index (χ1v) is 26.1. The van der Waals surface area contributed by atoms with Crippen LogP contribution < -0.4 is 0 Å². The lowest BCUT2D eigenvalue weighted by Gasteiger charge is -2.20. The monoisotopic (exact) mass is 971 g/mol. The van der Waals surface area contributed by atoms with Crippen LogP contribution in [0.4, 0.5) is 0 Å². The van der Waals surface area contributed by atoms with E-state index in [-0.39, 0.29) is 0 Å². The summed E-state index contributed by atoms with van der Waals surface area (Å²) in [5.74, 6) is 1.86. The van der Waals surface area contributed by atoms with Crippen LogP contribution in [-0.2, 0) is 0 Å². The second-order valence-electron chi connectivity index (χ2n) is 19.0. The van der Waals surface area contributed by atoms with Crippen molar-refractivity contribution in [3.05, 3.63) is 342 Å². The number of nitrogens with zero attached hydrogens (tertiary/aromatic N) is 3. The van der Waals surface area contributed by atoms with Crippen molar-refractivity contribution < 1.29 is 0 Å². The Morgan fingerprint density at radius 1 is 0.237 bits per heavy atom. The third-order valence-corrected chi connectivity index (χ3v) is 14.0. The zero-order valence-corrected chi connectivity index (χ0v) is 42.0. The first-order valence-electron chi connectivity index (χ1n) is 26.1. The summed E-state index contributed by atoms with van der Waals surface area (Å²) in [6.07, 6.45) is 9.04. The minimum Gasteiger partial charge on any atom is -0.208 e. The van der Waals surface area contributed by atoms with Gasteiger partial charge in [-0.15, -0.1) is 0 Å². The quantitative estimate of drug-likeness (QED) is 0.108. The zero-order valence-electron chi connectivity index (χ0n) is 42.0. The third-order valence-electron chi connectivity index (χ3n) is 14.0. The van der Waals surface area contributed by atoms with E-state index in [9.17, 15) is 0 Å². The number of aromatic nitrogens is 3. The summed E-state index contributed by atoms with van der Waals surface area (Å²) in [4.78, 5) is 15.4. The molecule has 10 aromatic carbocycles. The molecule has 76 heavy (non-hydrogen) atoms. The van der Waals surface area contributed by atoms with E-state index < -0.39 is 0 Å². The zero-order chi connectivity index (χ0) is 50.9. The molecular formula is C73H53N3. The fourth-order valence-corrected chi connectivity index (χ4v) is 10.3. The summed E-state index contributed by atoms with van der Waals surface area (Å²) in [6, 6.07) is 99.0. The molecule has 0 atom stereocenters. The van der Waals surface area contributed by atoms with E-state index >= 15 is 0 Å². The maximum atomic E-state index is 5.17. The minimum atomic E-state index is 0.614. The Bertz CT molecular complexity index is 3820. The highest BCUT2D eigenvalue weighted by Crippen LogP contribution is 2.41. The molecule has 12 rings (SSSR count). The summed E-state index contributed by atoms with van der Waals surface area (Å²) in [5, 5.41) is 0. The van der Waals surface area contributed by atoms with Crippen LogP contribution in [0.15, 0.2) is 303 Å². The topological polar surface area (TPSA) is 38.7 Å². The second kappa shape index (κ2) is 22.1. The molecule has 0 unspecified atom stereocenters. The van der Waals surface area contributed by atoms with Crippen LogP contribution in [0.5, 0.6) is 0 Å². The number of benzene rings is 10. The molecule has 1 aromatic heterocycles. The highest BCUT2D eigenvalue weighted by atomic mass is 15.0. The lowest BCUT2D eigenvalue weighted by atomic mass is 9.83. The van der Waals surface area contributed by atoms with E-state index in [4.69, 9.17) is 15.0 Å². The van der Waals surface area contributed by atoms with E-state index in [1.807, 2.05) is 18.2 Å². The van der Waals surface area contributed by atoms with Crippen molar-refractivity contribution in [1.29, 1.82) is 0 Å². The average molecular weight is 972 g/mol. The van der Waals surface area contributed by atoms with Crippen molar-refractivity contribution in [2.24, 2.45) is 0 Å².